The second-order valence-corrected chi connectivity index (χ2v) is 5.16. The third-order valence-corrected chi connectivity index (χ3v) is 3.35. The summed E-state index contributed by atoms with van der Waals surface area (Å²) in [7, 11) is 0. The molecule has 0 radical (unpaired) electrons. The molecule has 0 bridgehead atoms. The molecule has 2 amide bonds. The highest BCUT2D eigenvalue weighted by molar-refractivity contribution is 5.94. The second-order valence-electron chi connectivity index (χ2n) is 5.16. The van der Waals surface area contributed by atoms with E-state index in [-0.39, 0.29) is 36.3 Å². The molecule has 0 unspecified atom stereocenters. The zero-order valence-electron chi connectivity index (χ0n) is 13.5. The first kappa shape index (κ1) is 17.2. The number of nitrogens with one attached hydrogen (secondary N) is 2. The van der Waals surface area contributed by atoms with E-state index in [9.17, 15) is 14.0 Å². The number of pyridine rings is 1. The van der Waals surface area contributed by atoms with Crippen molar-refractivity contribution in [3.63, 3.8) is 0 Å². The van der Waals surface area contributed by atoms with Crippen LogP contribution in [-0.4, -0.2) is 40.0 Å². The molecule has 0 aliphatic carbocycles. The number of aromatic nitrogens is 3. The van der Waals surface area contributed by atoms with Gasteiger partial charge in [0.1, 0.15) is 5.82 Å². The lowest BCUT2D eigenvalue weighted by atomic mass is 10.2. The lowest BCUT2D eigenvalue weighted by Crippen LogP contribution is -2.34. The Morgan fingerprint density at radius 3 is 2.54 bits per heavy atom. The summed E-state index contributed by atoms with van der Waals surface area (Å²) in [6.45, 7) is 0.357. The summed E-state index contributed by atoms with van der Waals surface area (Å²) in [6, 6.07) is 9.18. The molecule has 3 rings (SSSR count). The Kier molecular flexibility index (Phi) is 5.28. The average Bonchev–Trinajstić information content (AvgIpc) is 3.16. The molecular formula is C17H14FN5O3. The van der Waals surface area contributed by atoms with Crippen LogP contribution in [-0.2, 0) is 0 Å². The third kappa shape index (κ3) is 4.07. The Bertz CT molecular complexity index is 914. The van der Waals surface area contributed by atoms with Crippen LogP contribution in [0.4, 0.5) is 4.39 Å². The Hall–Kier alpha value is -3.62. The molecule has 0 aliphatic rings. The highest BCUT2D eigenvalue weighted by atomic mass is 19.1. The van der Waals surface area contributed by atoms with Gasteiger partial charge < -0.3 is 15.2 Å². The van der Waals surface area contributed by atoms with Crippen molar-refractivity contribution in [1.82, 2.24) is 25.8 Å². The van der Waals surface area contributed by atoms with Gasteiger partial charge in [0.2, 0.25) is 5.82 Å². The van der Waals surface area contributed by atoms with Crippen molar-refractivity contribution in [2.75, 3.05) is 13.1 Å². The molecule has 0 saturated carbocycles. The Labute approximate surface area is 147 Å². The van der Waals surface area contributed by atoms with Crippen LogP contribution >= 0.6 is 0 Å². The quantitative estimate of drug-likeness (QED) is 0.647. The summed E-state index contributed by atoms with van der Waals surface area (Å²) >= 11 is 0. The van der Waals surface area contributed by atoms with E-state index in [4.69, 9.17) is 4.52 Å². The monoisotopic (exact) mass is 355 g/mol. The summed E-state index contributed by atoms with van der Waals surface area (Å²) in [5.74, 6) is -1.74. The molecule has 132 valence electrons. The number of carbonyl (C=O) groups is 2. The van der Waals surface area contributed by atoms with Crippen LogP contribution in [0.1, 0.15) is 21.0 Å². The fraction of sp³-hybridized carbons (Fsp3) is 0.118. The molecule has 2 aromatic heterocycles. The predicted octanol–water partition coefficient (Wildman–Crippen LogP) is 1.43. The zero-order valence-corrected chi connectivity index (χ0v) is 13.5. The number of hydrogen-bond acceptors (Lipinski definition) is 6. The first-order chi connectivity index (χ1) is 12.6. The van der Waals surface area contributed by atoms with E-state index in [0.717, 1.165) is 0 Å². The van der Waals surface area contributed by atoms with Crippen molar-refractivity contribution in [2.45, 2.75) is 0 Å². The van der Waals surface area contributed by atoms with Crippen LogP contribution in [0.3, 0.4) is 0 Å². The van der Waals surface area contributed by atoms with Crippen LogP contribution in [0.2, 0.25) is 0 Å². The molecule has 3 aromatic rings. The van der Waals surface area contributed by atoms with Gasteiger partial charge in [0.25, 0.3) is 5.91 Å². The minimum absolute atomic E-state index is 0.0156. The summed E-state index contributed by atoms with van der Waals surface area (Å²) in [4.78, 5) is 31.5. The Morgan fingerprint density at radius 1 is 1.04 bits per heavy atom. The molecule has 0 spiro atoms. The third-order valence-electron chi connectivity index (χ3n) is 3.35. The van der Waals surface area contributed by atoms with Gasteiger partial charge in [-0.15, -0.1) is 0 Å². The van der Waals surface area contributed by atoms with E-state index >= 15 is 0 Å². The first-order valence-corrected chi connectivity index (χ1v) is 7.70. The van der Waals surface area contributed by atoms with Crippen molar-refractivity contribution in [3.05, 3.63) is 66.1 Å². The maximum atomic E-state index is 13.7. The number of benzene rings is 1. The highest BCUT2D eigenvalue weighted by Gasteiger charge is 2.17. The molecule has 2 N–H and O–H groups in total. The second kappa shape index (κ2) is 7.97. The molecule has 0 saturated heterocycles. The van der Waals surface area contributed by atoms with Gasteiger partial charge in [-0.3, -0.25) is 14.6 Å². The minimum Gasteiger partial charge on any atom is -0.350 e. The lowest BCUT2D eigenvalue weighted by molar-refractivity contribution is 0.0898. The standard InChI is InChI=1S/C17H14FN5O3/c18-13-6-2-1-5-12(13)14-22-17(26-23-14)16(25)21-9-8-20-15(24)11-4-3-7-19-10-11/h1-7,10H,8-9H2,(H,20,24)(H,21,25). The van der Waals surface area contributed by atoms with E-state index < -0.39 is 11.7 Å². The Balaban J connectivity index is 1.50. The highest BCUT2D eigenvalue weighted by Crippen LogP contribution is 2.18. The maximum absolute atomic E-state index is 13.7. The van der Waals surface area contributed by atoms with Gasteiger partial charge in [-0.05, 0) is 24.3 Å². The van der Waals surface area contributed by atoms with E-state index in [2.05, 4.69) is 25.8 Å². The lowest BCUT2D eigenvalue weighted by Gasteiger charge is -2.05. The van der Waals surface area contributed by atoms with Crippen molar-refractivity contribution in [2.24, 2.45) is 0 Å². The molecule has 9 heteroatoms. The molecule has 0 atom stereocenters. The first-order valence-electron chi connectivity index (χ1n) is 7.70. The zero-order chi connectivity index (χ0) is 18.4. The summed E-state index contributed by atoms with van der Waals surface area (Å²) < 4.78 is 18.5. The van der Waals surface area contributed by atoms with Crippen LogP contribution in [0.5, 0.6) is 0 Å². The van der Waals surface area contributed by atoms with Crippen molar-refractivity contribution in [1.29, 1.82) is 0 Å². The van der Waals surface area contributed by atoms with E-state index in [0.29, 0.717) is 5.56 Å². The fourth-order valence-corrected chi connectivity index (χ4v) is 2.09. The van der Waals surface area contributed by atoms with Crippen LogP contribution < -0.4 is 10.6 Å². The van der Waals surface area contributed by atoms with Gasteiger partial charge in [0.05, 0.1) is 11.1 Å². The number of halogens is 1. The predicted molar refractivity (Wildman–Crippen MR) is 88.6 cm³/mol. The topological polar surface area (TPSA) is 110 Å². The SMILES string of the molecule is O=C(NCCNC(=O)c1nc(-c2ccccc2F)no1)c1cccnc1. The summed E-state index contributed by atoms with van der Waals surface area (Å²) in [6.07, 6.45) is 3.01. The van der Waals surface area contributed by atoms with Crippen LogP contribution in [0, 0.1) is 5.82 Å². The van der Waals surface area contributed by atoms with E-state index in [1.54, 1.807) is 24.4 Å². The van der Waals surface area contributed by atoms with Gasteiger partial charge in [-0.1, -0.05) is 17.3 Å². The maximum Gasteiger partial charge on any atom is 0.316 e. The number of rotatable bonds is 6. The van der Waals surface area contributed by atoms with Gasteiger partial charge in [-0.2, -0.15) is 4.98 Å². The number of carbonyl (C=O) groups excluding carboxylic acids is 2. The van der Waals surface area contributed by atoms with Gasteiger partial charge in [0.15, 0.2) is 0 Å². The molecule has 8 nitrogen and oxygen atoms in total. The molecular weight excluding hydrogens is 341 g/mol. The molecule has 0 aliphatic heterocycles. The van der Waals surface area contributed by atoms with Gasteiger partial charge in [0, 0.05) is 25.5 Å². The largest absolute Gasteiger partial charge is 0.350 e. The molecule has 1 aromatic carbocycles. The van der Waals surface area contributed by atoms with Gasteiger partial charge >= 0.3 is 11.8 Å². The van der Waals surface area contributed by atoms with Crippen molar-refractivity contribution < 1.29 is 18.5 Å². The molecule has 2 heterocycles. The van der Waals surface area contributed by atoms with Crippen LogP contribution in [0.25, 0.3) is 11.4 Å². The van der Waals surface area contributed by atoms with Crippen molar-refractivity contribution >= 4 is 11.8 Å². The smallest absolute Gasteiger partial charge is 0.316 e. The van der Waals surface area contributed by atoms with E-state index in [1.807, 2.05) is 0 Å². The van der Waals surface area contributed by atoms with E-state index in [1.165, 1.54) is 24.4 Å². The van der Waals surface area contributed by atoms with Gasteiger partial charge in [-0.25, -0.2) is 4.39 Å². The number of amides is 2. The molecule has 26 heavy (non-hydrogen) atoms. The van der Waals surface area contributed by atoms with Crippen molar-refractivity contribution in [3.8, 4) is 11.4 Å². The Morgan fingerprint density at radius 2 is 1.81 bits per heavy atom. The number of hydrogen-bond donors (Lipinski definition) is 2. The molecule has 0 fully saturated rings. The normalized spacial score (nSPS) is 10.3. The summed E-state index contributed by atoms with van der Waals surface area (Å²) in [5.41, 5.74) is 0.560. The van der Waals surface area contributed by atoms with Crippen LogP contribution in [0.15, 0.2) is 53.3 Å². The summed E-state index contributed by atoms with van der Waals surface area (Å²) in [5, 5.41) is 8.76. The number of nitrogens with zero attached hydrogens (tertiary/aromatic N) is 3. The minimum atomic E-state index is -0.615. The average molecular weight is 355 g/mol. The fourth-order valence-electron chi connectivity index (χ4n) is 2.09.